The van der Waals surface area contributed by atoms with E-state index in [0.29, 0.717) is 43.6 Å². The largest absolute Gasteiger partial charge is 0.466 e. The quantitative estimate of drug-likeness (QED) is 0.544. The van der Waals surface area contributed by atoms with Gasteiger partial charge in [-0.3, -0.25) is 4.79 Å². The molecule has 0 bridgehead atoms. The molecule has 2 saturated carbocycles. The van der Waals surface area contributed by atoms with Crippen molar-refractivity contribution in [3.8, 4) is 0 Å². The van der Waals surface area contributed by atoms with Gasteiger partial charge in [0.2, 0.25) is 11.6 Å². The minimum atomic E-state index is -0.880. The molecule has 0 N–H and O–H groups in total. The zero-order valence-corrected chi connectivity index (χ0v) is 16.0. The number of esters is 1. The number of hydrogen-bond acceptors (Lipinski definition) is 6. The molecular formula is C19H32O6. The van der Waals surface area contributed by atoms with Gasteiger partial charge in [0, 0.05) is 25.7 Å². The SMILES string of the molecule is CCOC(=O)C1CCC2(CC1)OOC1(CCC(C(C)(C)C)CC1)OO2. The number of rotatable bonds is 2. The molecule has 0 unspecified atom stereocenters. The van der Waals surface area contributed by atoms with Crippen LogP contribution in [0, 0.1) is 17.3 Å². The van der Waals surface area contributed by atoms with Crippen molar-refractivity contribution in [1.29, 1.82) is 0 Å². The lowest BCUT2D eigenvalue weighted by molar-refractivity contribution is -0.663. The van der Waals surface area contributed by atoms with Crippen LogP contribution in [-0.4, -0.2) is 24.2 Å². The van der Waals surface area contributed by atoms with Gasteiger partial charge >= 0.3 is 5.97 Å². The minimum Gasteiger partial charge on any atom is -0.466 e. The van der Waals surface area contributed by atoms with E-state index in [-0.39, 0.29) is 11.9 Å². The normalized spacial score (nSPS) is 39.5. The van der Waals surface area contributed by atoms with Crippen molar-refractivity contribution < 1.29 is 29.1 Å². The molecule has 0 atom stereocenters. The highest BCUT2D eigenvalue weighted by atomic mass is 17.4. The fourth-order valence-corrected chi connectivity index (χ4v) is 4.14. The van der Waals surface area contributed by atoms with Gasteiger partial charge < -0.3 is 4.74 Å². The molecule has 3 fully saturated rings. The number of carbonyl (C=O) groups is 1. The molecule has 3 rings (SSSR count). The first kappa shape index (κ1) is 19.1. The summed E-state index contributed by atoms with van der Waals surface area (Å²) < 4.78 is 5.10. The fourth-order valence-electron chi connectivity index (χ4n) is 4.14. The fraction of sp³-hybridized carbons (Fsp3) is 0.947. The van der Waals surface area contributed by atoms with E-state index in [0.717, 1.165) is 25.7 Å². The van der Waals surface area contributed by atoms with E-state index in [1.165, 1.54) is 0 Å². The summed E-state index contributed by atoms with van der Waals surface area (Å²) in [6.45, 7) is 9.08. The Morgan fingerprint density at radius 3 is 1.76 bits per heavy atom. The van der Waals surface area contributed by atoms with Crippen LogP contribution in [0.5, 0.6) is 0 Å². The Kier molecular flexibility index (Phi) is 5.45. The van der Waals surface area contributed by atoms with Crippen LogP contribution in [0.2, 0.25) is 0 Å². The van der Waals surface area contributed by atoms with Gasteiger partial charge in [-0.1, -0.05) is 20.8 Å². The van der Waals surface area contributed by atoms with Crippen molar-refractivity contribution in [2.75, 3.05) is 6.61 Å². The van der Waals surface area contributed by atoms with Gasteiger partial charge in [0.25, 0.3) is 0 Å². The molecule has 1 aliphatic heterocycles. The van der Waals surface area contributed by atoms with Crippen LogP contribution in [0.15, 0.2) is 0 Å². The lowest BCUT2D eigenvalue weighted by Gasteiger charge is -2.48. The van der Waals surface area contributed by atoms with Crippen LogP contribution >= 0.6 is 0 Å². The van der Waals surface area contributed by atoms with E-state index in [9.17, 15) is 4.79 Å². The monoisotopic (exact) mass is 356 g/mol. The highest BCUT2D eigenvalue weighted by Gasteiger charge is 2.52. The number of hydrogen-bond donors (Lipinski definition) is 0. The van der Waals surface area contributed by atoms with Gasteiger partial charge in [-0.05, 0) is 43.9 Å². The standard InChI is InChI=1S/C19H32O6/c1-5-21-16(20)14-6-10-18(11-7-14)22-24-19(25-23-18)12-8-15(9-13-19)17(2,3)4/h14-15H,5-13H2,1-4H3. The second kappa shape index (κ2) is 7.14. The highest BCUT2D eigenvalue weighted by Crippen LogP contribution is 2.48. The zero-order chi connectivity index (χ0) is 18.1. The third-order valence-corrected chi connectivity index (χ3v) is 6.03. The molecule has 0 aromatic carbocycles. The van der Waals surface area contributed by atoms with Crippen LogP contribution in [0.3, 0.4) is 0 Å². The lowest BCUT2D eigenvalue weighted by atomic mass is 9.71. The van der Waals surface area contributed by atoms with Crippen LogP contribution in [0.4, 0.5) is 0 Å². The topological polar surface area (TPSA) is 63.2 Å². The molecule has 25 heavy (non-hydrogen) atoms. The summed E-state index contributed by atoms with van der Waals surface area (Å²) in [7, 11) is 0. The van der Waals surface area contributed by atoms with Crippen LogP contribution in [0.1, 0.15) is 79.1 Å². The maximum absolute atomic E-state index is 11.9. The van der Waals surface area contributed by atoms with Crippen molar-refractivity contribution in [1.82, 2.24) is 0 Å². The molecule has 2 aliphatic carbocycles. The zero-order valence-electron chi connectivity index (χ0n) is 16.0. The van der Waals surface area contributed by atoms with E-state index in [1.807, 2.05) is 6.92 Å². The molecule has 6 heteroatoms. The Bertz CT molecular complexity index is 455. The molecular weight excluding hydrogens is 324 g/mol. The second-order valence-corrected chi connectivity index (χ2v) is 8.82. The molecule has 0 aromatic rings. The van der Waals surface area contributed by atoms with Crippen LogP contribution in [-0.2, 0) is 29.1 Å². The van der Waals surface area contributed by atoms with Gasteiger partial charge in [-0.25, -0.2) is 0 Å². The summed E-state index contributed by atoms with van der Waals surface area (Å²) in [4.78, 5) is 34.8. The third-order valence-electron chi connectivity index (χ3n) is 6.03. The summed E-state index contributed by atoms with van der Waals surface area (Å²) in [5.74, 6) is -1.22. The van der Waals surface area contributed by atoms with Crippen molar-refractivity contribution in [3.05, 3.63) is 0 Å². The Morgan fingerprint density at radius 1 is 0.920 bits per heavy atom. The van der Waals surface area contributed by atoms with Crippen LogP contribution in [0.25, 0.3) is 0 Å². The molecule has 3 aliphatic rings. The maximum atomic E-state index is 11.9. The lowest BCUT2D eigenvalue weighted by Crippen LogP contribution is -2.54. The Labute approximate surface area is 150 Å². The summed E-state index contributed by atoms with van der Waals surface area (Å²) in [6, 6.07) is 0. The van der Waals surface area contributed by atoms with Gasteiger partial charge in [-0.2, -0.15) is 19.6 Å². The van der Waals surface area contributed by atoms with Crippen molar-refractivity contribution in [2.45, 2.75) is 90.6 Å². The van der Waals surface area contributed by atoms with E-state index in [4.69, 9.17) is 24.3 Å². The maximum Gasteiger partial charge on any atom is 0.308 e. The molecule has 0 aromatic heterocycles. The van der Waals surface area contributed by atoms with Crippen molar-refractivity contribution in [3.63, 3.8) is 0 Å². The summed E-state index contributed by atoms with van der Waals surface area (Å²) in [5, 5.41) is 0. The highest BCUT2D eigenvalue weighted by molar-refractivity contribution is 5.72. The Balaban J connectivity index is 1.49. The van der Waals surface area contributed by atoms with E-state index in [2.05, 4.69) is 20.8 Å². The van der Waals surface area contributed by atoms with Gasteiger partial charge in [-0.15, -0.1) is 0 Å². The molecule has 1 saturated heterocycles. The molecule has 144 valence electrons. The van der Waals surface area contributed by atoms with Gasteiger partial charge in [0.1, 0.15) is 0 Å². The predicted octanol–water partition coefficient (Wildman–Crippen LogP) is 4.28. The van der Waals surface area contributed by atoms with Crippen molar-refractivity contribution >= 4 is 5.97 Å². The average molecular weight is 356 g/mol. The smallest absolute Gasteiger partial charge is 0.308 e. The predicted molar refractivity (Wildman–Crippen MR) is 89.8 cm³/mol. The first-order chi connectivity index (χ1) is 11.8. The second-order valence-electron chi connectivity index (χ2n) is 8.82. The summed E-state index contributed by atoms with van der Waals surface area (Å²) >= 11 is 0. The number of carbonyl (C=O) groups excluding carboxylic acids is 1. The molecule has 6 nitrogen and oxygen atoms in total. The van der Waals surface area contributed by atoms with E-state index in [1.54, 1.807) is 0 Å². The van der Waals surface area contributed by atoms with E-state index >= 15 is 0 Å². The first-order valence-electron chi connectivity index (χ1n) is 9.68. The third kappa shape index (κ3) is 4.18. The number of ether oxygens (including phenoxy) is 1. The molecule has 1 heterocycles. The van der Waals surface area contributed by atoms with Gasteiger partial charge in [0.05, 0.1) is 12.5 Å². The Hall–Kier alpha value is -0.690. The Morgan fingerprint density at radius 2 is 1.36 bits per heavy atom. The molecule has 2 spiro atoms. The summed E-state index contributed by atoms with van der Waals surface area (Å²) in [6.07, 6.45) is 6.07. The molecule has 0 radical (unpaired) electrons. The minimum absolute atomic E-state index is 0.0871. The van der Waals surface area contributed by atoms with Crippen LogP contribution < -0.4 is 0 Å². The average Bonchev–Trinajstić information content (AvgIpc) is 2.59. The van der Waals surface area contributed by atoms with Gasteiger partial charge in [0.15, 0.2) is 0 Å². The van der Waals surface area contributed by atoms with Crippen molar-refractivity contribution in [2.24, 2.45) is 17.3 Å². The first-order valence-corrected chi connectivity index (χ1v) is 9.68. The molecule has 0 amide bonds. The van der Waals surface area contributed by atoms with E-state index < -0.39 is 11.6 Å². The summed E-state index contributed by atoms with van der Waals surface area (Å²) in [5.41, 5.74) is 0.296.